The molecular weight excluding hydrogens is 432 g/mol. The number of sulfonamides is 1. The van der Waals surface area contributed by atoms with Gasteiger partial charge in [-0.15, -0.1) is 0 Å². The molecule has 31 heavy (non-hydrogen) atoms. The number of hydrogen-bond acceptors (Lipinski definition) is 3. The molecule has 0 aliphatic carbocycles. The van der Waals surface area contributed by atoms with E-state index in [9.17, 15) is 13.2 Å². The number of aryl methyl sites for hydroxylation is 2. The molecule has 1 amide bonds. The number of carbonyl (C=O) groups excluding carboxylic acids is 1. The maximum Gasteiger partial charge on any atom is 0.264 e. The molecule has 0 saturated carbocycles. The zero-order valence-electron chi connectivity index (χ0n) is 17.5. The summed E-state index contributed by atoms with van der Waals surface area (Å²) in [4.78, 5) is 13.1. The normalized spacial score (nSPS) is 15.6. The summed E-state index contributed by atoms with van der Waals surface area (Å²) in [6, 6.07) is 17.1. The Morgan fingerprint density at radius 3 is 2.45 bits per heavy atom. The molecule has 160 valence electrons. The zero-order valence-corrected chi connectivity index (χ0v) is 19.1. The van der Waals surface area contributed by atoms with Gasteiger partial charge in [0.15, 0.2) is 0 Å². The van der Waals surface area contributed by atoms with Crippen LogP contribution in [0.4, 0.5) is 11.4 Å². The Labute approximate surface area is 187 Å². The molecule has 0 bridgehead atoms. The first-order valence-corrected chi connectivity index (χ1v) is 11.8. The van der Waals surface area contributed by atoms with Crippen LogP contribution in [-0.2, 0) is 16.4 Å². The molecule has 1 N–H and O–H groups in total. The monoisotopic (exact) mass is 454 g/mol. The second kappa shape index (κ2) is 8.02. The second-order valence-electron chi connectivity index (χ2n) is 7.92. The first-order chi connectivity index (χ1) is 14.7. The first kappa shape index (κ1) is 21.4. The van der Waals surface area contributed by atoms with Gasteiger partial charge in [-0.1, -0.05) is 35.4 Å². The van der Waals surface area contributed by atoms with E-state index in [1.54, 1.807) is 54.6 Å². The van der Waals surface area contributed by atoms with Crippen molar-refractivity contribution in [2.75, 3.05) is 9.62 Å². The number of amides is 1. The molecule has 5 nitrogen and oxygen atoms in total. The van der Waals surface area contributed by atoms with E-state index < -0.39 is 10.0 Å². The summed E-state index contributed by atoms with van der Waals surface area (Å²) in [5, 5.41) is 3.43. The van der Waals surface area contributed by atoms with Gasteiger partial charge in [0.05, 0.1) is 10.6 Å². The SMILES string of the molecule is Cc1ccc(S(=O)(=O)N2c3ccc(C(=O)Nc4cc(Cl)ccc4C)cc3C[C@@H]2C)cc1. The van der Waals surface area contributed by atoms with Crippen molar-refractivity contribution in [3.8, 4) is 0 Å². The zero-order chi connectivity index (χ0) is 22.3. The largest absolute Gasteiger partial charge is 0.322 e. The molecule has 3 aromatic carbocycles. The summed E-state index contributed by atoms with van der Waals surface area (Å²) in [7, 11) is -3.69. The van der Waals surface area contributed by atoms with Crippen molar-refractivity contribution in [1.29, 1.82) is 0 Å². The van der Waals surface area contributed by atoms with Crippen LogP contribution in [0.25, 0.3) is 0 Å². The van der Waals surface area contributed by atoms with Crippen molar-refractivity contribution < 1.29 is 13.2 Å². The minimum Gasteiger partial charge on any atom is -0.322 e. The molecule has 0 aromatic heterocycles. The summed E-state index contributed by atoms with van der Waals surface area (Å²) in [6.07, 6.45) is 0.539. The number of benzene rings is 3. The summed E-state index contributed by atoms with van der Waals surface area (Å²) >= 11 is 6.04. The number of nitrogens with zero attached hydrogens (tertiary/aromatic N) is 1. The number of fused-ring (bicyclic) bond motifs is 1. The molecule has 1 atom stereocenters. The Kier molecular flexibility index (Phi) is 5.54. The third kappa shape index (κ3) is 4.05. The molecule has 0 spiro atoms. The van der Waals surface area contributed by atoms with Crippen LogP contribution in [0.3, 0.4) is 0 Å². The maximum atomic E-state index is 13.3. The number of nitrogens with one attached hydrogen (secondary N) is 1. The first-order valence-electron chi connectivity index (χ1n) is 9.98. The van der Waals surface area contributed by atoms with E-state index in [0.29, 0.717) is 28.4 Å². The predicted molar refractivity (Wildman–Crippen MR) is 125 cm³/mol. The highest BCUT2D eigenvalue weighted by atomic mass is 35.5. The van der Waals surface area contributed by atoms with E-state index in [0.717, 1.165) is 16.7 Å². The van der Waals surface area contributed by atoms with Gasteiger partial charge in [0.25, 0.3) is 15.9 Å². The lowest BCUT2D eigenvalue weighted by Crippen LogP contribution is -2.35. The number of carbonyl (C=O) groups is 1. The predicted octanol–water partition coefficient (Wildman–Crippen LogP) is 5.35. The lowest BCUT2D eigenvalue weighted by Gasteiger charge is -2.24. The number of rotatable bonds is 4. The second-order valence-corrected chi connectivity index (χ2v) is 10.2. The molecule has 4 rings (SSSR count). The van der Waals surface area contributed by atoms with Crippen LogP contribution >= 0.6 is 11.6 Å². The van der Waals surface area contributed by atoms with Crippen molar-refractivity contribution in [3.63, 3.8) is 0 Å². The fraction of sp³-hybridized carbons (Fsp3) is 0.208. The minimum atomic E-state index is -3.69. The summed E-state index contributed by atoms with van der Waals surface area (Å²) in [5.41, 5.74) is 4.47. The van der Waals surface area contributed by atoms with Gasteiger partial charge in [-0.2, -0.15) is 0 Å². The quantitative estimate of drug-likeness (QED) is 0.577. The van der Waals surface area contributed by atoms with Crippen LogP contribution in [0, 0.1) is 13.8 Å². The number of anilines is 2. The summed E-state index contributed by atoms with van der Waals surface area (Å²) < 4.78 is 28.0. The molecule has 0 fully saturated rings. The highest BCUT2D eigenvalue weighted by molar-refractivity contribution is 7.92. The standard InChI is InChI=1S/C24H23ClN2O3S/c1-15-4-9-21(10-5-15)31(29,30)27-17(3)12-19-13-18(7-11-23(19)27)24(28)26-22-14-20(25)8-6-16(22)2/h4-11,13-14,17H,12H2,1-3H3,(H,26,28)/t17-/m0/s1. The molecule has 7 heteroatoms. The molecule has 1 aliphatic heterocycles. The smallest absolute Gasteiger partial charge is 0.264 e. The fourth-order valence-corrected chi connectivity index (χ4v) is 5.72. The van der Waals surface area contributed by atoms with E-state index in [-0.39, 0.29) is 16.8 Å². The van der Waals surface area contributed by atoms with Gasteiger partial charge in [-0.25, -0.2) is 8.42 Å². The van der Waals surface area contributed by atoms with Crippen molar-refractivity contribution in [3.05, 3.63) is 87.9 Å². The van der Waals surface area contributed by atoms with Crippen LogP contribution < -0.4 is 9.62 Å². The van der Waals surface area contributed by atoms with Gasteiger partial charge in [-0.3, -0.25) is 9.10 Å². The Morgan fingerprint density at radius 2 is 1.74 bits per heavy atom. The Balaban J connectivity index is 1.64. The highest BCUT2D eigenvalue weighted by Gasteiger charge is 2.36. The lowest BCUT2D eigenvalue weighted by molar-refractivity contribution is 0.102. The molecule has 3 aromatic rings. The third-order valence-corrected chi connectivity index (χ3v) is 7.70. The average molecular weight is 455 g/mol. The van der Waals surface area contributed by atoms with Gasteiger partial charge < -0.3 is 5.32 Å². The maximum absolute atomic E-state index is 13.3. The van der Waals surface area contributed by atoms with Crippen LogP contribution in [-0.4, -0.2) is 20.4 Å². The van der Waals surface area contributed by atoms with Crippen LogP contribution in [0.5, 0.6) is 0 Å². The highest BCUT2D eigenvalue weighted by Crippen LogP contribution is 2.37. The van der Waals surface area contributed by atoms with Gasteiger partial charge >= 0.3 is 0 Å². The van der Waals surface area contributed by atoms with E-state index >= 15 is 0 Å². The van der Waals surface area contributed by atoms with E-state index in [1.165, 1.54) is 4.31 Å². The minimum absolute atomic E-state index is 0.241. The Hall–Kier alpha value is -2.83. The summed E-state index contributed by atoms with van der Waals surface area (Å²) in [6.45, 7) is 5.69. The molecule has 1 heterocycles. The molecular formula is C24H23ClN2O3S. The van der Waals surface area contributed by atoms with Gasteiger partial charge in [0.2, 0.25) is 0 Å². The average Bonchev–Trinajstić information content (AvgIpc) is 3.06. The van der Waals surface area contributed by atoms with Crippen molar-refractivity contribution in [2.45, 2.75) is 38.1 Å². The van der Waals surface area contributed by atoms with Gasteiger partial charge in [-0.05, 0) is 80.8 Å². The van der Waals surface area contributed by atoms with Gasteiger partial charge in [0, 0.05) is 22.3 Å². The third-order valence-electron chi connectivity index (χ3n) is 5.52. The lowest BCUT2D eigenvalue weighted by atomic mass is 10.1. The van der Waals surface area contributed by atoms with E-state index in [4.69, 9.17) is 11.6 Å². The molecule has 0 saturated heterocycles. The van der Waals surface area contributed by atoms with E-state index in [2.05, 4.69) is 5.32 Å². The van der Waals surface area contributed by atoms with Crippen molar-refractivity contribution in [1.82, 2.24) is 0 Å². The molecule has 0 radical (unpaired) electrons. The number of halogens is 1. The van der Waals surface area contributed by atoms with Crippen LogP contribution in [0.15, 0.2) is 65.6 Å². The van der Waals surface area contributed by atoms with E-state index in [1.807, 2.05) is 26.8 Å². The van der Waals surface area contributed by atoms with Crippen LogP contribution in [0.2, 0.25) is 5.02 Å². The van der Waals surface area contributed by atoms with Crippen LogP contribution in [0.1, 0.15) is 34.0 Å². The molecule has 0 unspecified atom stereocenters. The Morgan fingerprint density at radius 1 is 1.03 bits per heavy atom. The van der Waals surface area contributed by atoms with Crippen molar-refractivity contribution >= 4 is 38.9 Å². The number of hydrogen-bond donors (Lipinski definition) is 1. The summed E-state index contributed by atoms with van der Waals surface area (Å²) in [5.74, 6) is -0.263. The fourth-order valence-electron chi connectivity index (χ4n) is 3.86. The van der Waals surface area contributed by atoms with Crippen molar-refractivity contribution in [2.24, 2.45) is 0 Å². The topological polar surface area (TPSA) is 66.5 Å². The molecule has 1 aliphatic rings. The Bertz CT molecular complexity index is 1270. The van der Waals surface area contributed by atoms with Gasteiger partial charge in [0.1, 0.15) is 0 Å².